The zero-order chi connectivity index (χ0) is 22.5. The number of para-hydroxylation sites is 1. The summed E-state index contributed by atoms with van der Waals surface area (Å²) in [6.07, 6.45) is 7.00. The molecule has 3 aromatic rings. The Hall–Kier alpha value is -2.90. The van der Waals surface area contributed by atoms with E-state index in [9.17, 15) is 4.79 Å². The van der Waals surface area contributed by atoms with Crippen molar-refractivity contribution in [3.63, 3.8) is 0 Å². The highest BCUT2D eigenvalue weighted by Gasteiger charge is 2.32. The average Bonchev–Trinajstić information content (AvgIpc) is 3.36. The van der Waals surface area contributed by atoms with E-state index >= 15 is 0 Å². The van der Waals surface area contributed by atoms with Crippen molar-refractivity contribution in [1.29, 1.82) is 0 Å². The number of methoxy groups -OCH3 is 1. The lowest BCUT2D eigenvalue weighted by Gasteiger charge is -2.13. The Bertz CT molecular complexity index is 1160. The number of carbonyl (C=O) groups excluding carboxylic acids is 1. The van der Waals surface area contributed by atoms with Crippen LogP contribution in [0.3, 0.4) is 0 Å². The van der Waals surface area contributed by atoms with Gasteiger partial charge in [-0.1, -0.05) is 74.1 Å². The predicted molar refractivity (Wildman–Crippen MR) is 135 cm³/mol. The summed E-state index contributed by atoms with van der Waals surface area (Å²) in [6.45, 7) is 2.82. The number of nitrogens with zero attached hydrogens (tertiary/aromatic N) is 3. The fourth-order valence-corrected chi connectivity index (χ4v) is 4.85. The van der Waals surface area contributed by atoms with Gasteiger partial charge in [-0.2, -0.15) is 5.10 Å². The number of benzene rings is 2. The first-order valence-corrected chi connectivity index (χ1v) is 11.9. The van der Waals surface area contributed by atoms with Gasteiger partial charge >= 0.3 is 0 Å². The molecule has 1 aromatic heterocycles. The fourth-order valence-electron chi connectivity index (χ4n) is 3.55. The maximum atomic E-state index is 13.0. The quantitative estimate of drug-likeness (QED) is 0.235. The van der Waals surface area contributed by atoms with Crippen molar-refractivity contribution in [3.8, 4) is 22.7 Å². The van der Waals surface area contributed by atoms with Crippen LogP contribution >= 0.6 is 24.0 Å². The molecule has 0 aliphatic carbocycles. The van der Waals surface area contributed by atoms with Crippen molar-refractivity contribution < 1.29 is 9.53 Å². The molecule has 164 valence electrons. The predicted octanol–water partition coefficient (Wildman–Crippen LogP) is 5.94. The van der Waals surface area contributed by atoms with Crippen LogP contribution in [-0.2, 0) is 4.79 Å². The van der Waals surface area contributed by atoms with Crippen molar-refractivity contribution >= 4 is 40.3 Å². The standard InChI is InChI=1S/C25H25N3O2S2/c1-3-4-8-14-27-24(29)22(32-25(27)31)16-19-17-28(20-11-6-5-7-12-20)26-23(19)18-10-9-13-21(15-18)30-2/h5-7,9-13,15-17H,3-4,8,14H2,1-2H3. The molecule has 2 heterocycles. The smallest absolute Gasteiger partial charge is 0.266 e. The molecule has 1 saturated heterocycles. The number of unbranched alkanes of at least 4 members (excludes halogenated alkanes) is 2. The maximum Gasteiger partial charge on any atom is 0.266 e. The molecule has 2 aromatic carbocycles. The van der Waals surface area contributed by atoms with Crippen LogP contribution in [0.25, 0.3) is 23.0 Å². The monoisotopic (exact) mass is 463 g/mol. The second-order valence-electron chi connectivity index (χ2n) is 7.49. The zero-order valence-corrected chi connectivity index (χ0v) is 19.8. The molecular formula is C25H25N3O2S2. The molecule has 0 atom stereocenters. The van der Waals surface area contributed by atoms with Crippen molar-refractivity contribution in [2.24, 2.45) is 0 Å². The molecule has 0 spiro atoms. The summed E-state index contributed by atoms with van der Waals surface area (Å²) in [5.41, 5.74) is 3.51. The minimum absolute atomic E-state index is 0.0276. The summed E-state index contributed by atoms with van der Waals surface area (Å²) < 4.78 is 7.86. The summed E-state index contributed by atoms with van der Waals surface area (Å²) in [7, 11) is 1.65. The third-order valence-corrected chi connectivity index (χ3v) is 6.63. The number of amides is 1. The number of hydrogen-bond acceptors (Lipinski definition) is 5. The van der Waals surface area contributed by atoms with E-state index in [1.54, 1.807) is 12.0 Å². The number of ether oxygens (including phenoxy) is 1. The first-order chi connectivity index (χ1) is 15.6. The summed E-state index contributed by atoms with van der Waals surface area (Å²) in [6, 6.07) is 17.7. The second-order valence-corrected chi connectivity index (χ2v) is 9.16. The normalized spacial score (nSPS) is 15.1. The van der Waals surface area contributed by atoms with Crippen LogP contribution in [0.1, 0.15) is 31.7 Å². The Morgan fingerprint density at radius 1 is 1.12 bits per heavy atom. The number of thioether (sulfide) groups is 1. The molecule has 4 rings (SSSR count). The summed E-state index contributed by atoms with van der Waals surface area (Å²) in [5.74, 6) is 0.727. The van der Waals surface area contributed by atoms with Crippen molar-refractivity contribution in [2.75, 3.05) is 13.7 Å². The van der Waals surface area contributed by atoms with Gasteiger partial charge in [0.1, 0.15) is 15.8 Å². The van der Waals surface area contributed by atoms with E-state index in [-0.39, 0.29) is 5.91 Å². The van der Waals surface area contributed by atoms with E-state index in [1.807, 2.05) is 71.6 Å². The second kappa shape index (κ2) is 10.1. The van der Waals surface area contributed by atoms with Crippen molar-refractivity contribution in [3.05, 3.63) is 71.3 Å². The summed E-state index contributed by atoms with van der Waals surface area (Å²) in [4.78, 5) is 15.4. The van der Waals surface area contributed by atoms with E-state index in [4.69, 9.17) is 22.1 Å². The maximum absolute atomic E-state index is 13.0. The largest absolute Gasteiger partial charge is 0.497 e. The van der Waals surface area contributed by atoms with E-state index in [1.165, 1.54) is 11.8 Å². The molecule has 32 heavy (non-hydrogen) atoms. The van der Waals surface area contributed by atoms with Gasteiger partial charge in [0.2, 0.25) is 0 Å². The van der Waals surface area contributed by atoms with Crippen LogP contribution in [0.15, 0.2) is 65.7 Å². The molecule has 0 unspecified atom stereocenters. The number of hydrogen-bond donors (Lipinski definition) is 0. The highest BCUT2D eigenvalue weighted by atomic mass is 32.2. The van der Waals surface area contributed by atoms with Crippen LogP contribution in [-0.4, -0.2) is 38.6 Å². The Morgan fingerprint density at radius 3 is 2.69 bits per heavy atom. The molecule has 1 amide bonds. The molecule has 0 N–H and O–H groups in total. The summed E-state index contributed by atoms with van der Waals surface area (Å²) >= 11 is 6.85. The SMILES string of the molecule is CCCCCN1C(=O)C(=Cc2cn(-c3ccccc3)nc2-c2cccc(OC)c2)SC1=S. The van der Waals surface area contributed by atoms with Crippen LogP contribution in [0, 0.1) is 0 Å². The van der Waals surface area contributed by atoms with E-state index in [0.717, 1.165) is 47.5 Å². The van der Waals surface area contributed by atoms with Crippen molar-refractivity contribution in [2.45, 2.75) is 26.2 Å². The van der Waals surface area contributed by atoms with Gasteiger partial charge in [0.25, 0.3) is 5.91 Å². The molecule has 1 aliphatic rings. The van der Waals surface area contributed by atoms with E-state index < -0.39 is 0 Å². The Labute approximate surface area is 198 Å². The molecule has 1 aliphatic heterocycles. The first kappa shape index (κ1) is 22.3. The number of carbonyl (C=O) groups is 1. The lowest BCUT2D eigenvalue weighted by atomic mass is 10.1. The van der Waals surface area contributed by atoms with Crippen LogP contribution in [0.2, 0.25) is 0 Å². The van der Waals surface area contributed by atoms with Gasteiger partial charge in [-0.15, -0.1) is 0 Å². The van der Waals surface area contributed by atoms with Gasteiger partial charge in [-0.05, 0) is 36.8 Å². The van der Waals surface area contributed by atoms with Gasteiger partial charge < -0.3 is 4.74 Å². The molecule has 7 heteroatoms. The molecule has 0 saturated carbocycles. The highest BCUT2D eigenvalue weighted by Crippen LogP contribution is 2.35. The number of thiocarbonyl (C=S) groups is 1. The van der Waals surface area contributed by atoms with Crippen LogP contribution < -0.4 is 4.74 Å². The van der Waals surface area contributed by atoms with Crippen LogP contribution in [0.4, 0.5) is 0 Å². The molecular weight excluding hydrogens is 438 g/mol. The lowest BCUT2D eigenvalue weighted by molar-refractivity contribution is -0.122. The first-order valence-electron chi connectivity index (χ1n) is 10.7. The lowest BCUT2D eigenvalue weighted by Crippen LogP contribution is -2.28. The van der Waals surface area contributed by atoms with Gasteiger partial charge in [-0.3, -0.25) is 9.69 Å². The fraction of sp³-hybridized carbons (Fsp3) is 0.240. The van der Waals surface area contributed by atoms with Crippen molar-refractivity contribution in [1.82, 2.24) is 14.7 Å². The molecule has 5 nitrogen and oxygen atoms in total. The van der Waals surface area contributed by atoms with E-state index in [2.05, 4.69) is 6.92 Å². The highest BCUT2D eigenvalue weighted by molar-refractivity contribution is 8.26. The zero-order valence-electron chi connectivity index (χ0n) is 18.2. The Morgan fingerprint density at radius 2 is 1.94 bits per heavy atom. The Kier molecular flexibility index (Phi) is 7.07. The molecule has 0 bridgehead atoms. The molecule has 0 radical (unpaired) electrons. The average molecular weight is 464 g/mol. The summed E-state index contributed by atoms with van der Waals surface area (Å²) in [5, 5.41) is 4.84. The van der Waals surface area contributed by atoms with Gasteiger partial charge in [0, 0.05) is 23.9 Å². The van der Waals surface area contributed by atoms with Gasteiger partial charge in [0.05, 0.1) is 17.7 Å². The number of aromatic nitrogens is 2. The van der Waals surface area contributed by atoms with Crippen LogP contribution in [0.5, 0.6) is 5.75 Å². The third-order valence-electron chi connectivity index (χ3n) is 5.25. The minimum atomic E-state index is -0.0276. The minimum Gasteiger partial charge on any atom is -0.497 e. The topological polar surface area (TPSA) is 47.4 Å². The number of rotatable bonds is 8. The Balaban J connectivity index is 1.73. The molecule has 1 fully saturated rings. The third kappa shape index (κ3) is 4.79. The van der Waals surface area contributed by atoms with Gasteiger partial charge in [0.15, 0.2) is 0 Å². The van der Waals surface area contributed by atoms with E-state index in [0.29, 0.717) is 15.8 Å². The van der Waals surface area contributed by atoms with Gasteiger partial charge in [-0.25, -0.2) is 4.68 Å².